The first-order valence-electron chi connectivity index (χ1n) is 6.25. The SMILES string of the molecule is C=CC(C)C1C/C=C(/C)CCCC1(C)C. The van der Waals surface area contributed by atoms with Crippen LogP contribution in [0.15, 0.2) is 24.3 Å². The molecule has 0 spiro atoms. The lowest BCUT2D eigenvalue weighted by Gasteiger charge is -2.38. The van der Waals surface area contributed by atoms with Crippen molar-refractivity contribution in [1.82, 2.24) is 0 Å². The average molecular weight is 206 g/mol. The van der Waals surface area contributed by atoms with Crippen LogP contribution >= 0.6 is 0 Å². The molecule has 0 heterocycles. The molecule has 1 rings (SSSR count). The molecular formula is C15H26. The highest BCUT2D eigenvalue weighted by Crippen LogP contribution is 2.42. The monoisotopic (exact) mass is 206 g/mol. The van der Waals surface area contributed by atoms with Crippen molar-refractivity contribution in [2.75, 3.05) is 0 Å². The number of rotatable bonds is 2. The van der Waals surface area contributed by atoms with Crippen LogP contribution in [0.3, 0.4) is 0 Å². The molecule has 15 heavy (non-hydrogen) atoms. The molecule has 0 aromatic rings. The van der Waals surface area contributed by atoms with Crippen molar-refractivity contribution in [2.45, 2.75) is 53.4 Å². The maximum Gasteiger partial charge on any atom is -0.0228 e. The van der Waals surface area contributed by atoms with Gasteiger partial charge in [0.05, 0.1) is 0 Å². The summed E-state index contributed by atoms with van der Waals surface area (Å²) in [6.07, 6.45) is 9.78. The summed E-state index contributed by atoms with van der Waals surface area (Å²) in [6, 6.07) is 0. The van der Waals surface area contributed by atoms with E-state index >= 15 is 0 Å². The lowest BCUT2D eigenvalue weighted by Crippen LogP contribution is -2.29. The second kappa shape index (κ2) is 5.01. The van der Waals surface area contributed by atoms with Gasteiger partial charge in [0, 0.05) is 0 Å². The van der Waals surface area contributed by atoms with E-state index in [0.29, 0.717) is 11.3 Å². The van der Waals surface area contributed by atoms with Gasteiger partial charge >= 0.3 is 0 Å². The zero-order valence-electron chi connectivity index (χ0n) is 10.8. The average Bonchev–Trinajstić information content (AvgIpc) is 2.15. The van der Waals surface area contributed by atoms with Crippen LogP contribution in [0.25, 0.3) is 0 Å². The van der Waals surface area contributed by atoms with E-state index in [1.807, 2.05) is 0 Å². The van der Waals surface area contributed by atoms with E-state index in [9.17, 15) is 0 Å². The Bertz CT molecular complexity index is 245. The number of hydrogen-bond acceptors (Lipinski definition) is 0. The zero-order valence-corrected chi connectivity index (χ0v) is 10.8. The first-order chi connectivity index (χ1) is 6.97. The third kappa shape index (κ3) is 3.22. The maximum absolute atomic E-state index is 3.95. The molecule has 2 unspecified atom stereocenters. The highest BCUT2D eigenvalue weighted by molar-refractivity contribution is 5.04. The van der Waals surface area contributed by atoms with Crippen molar-refractivity contribution in [3.8, 4) is 0 Å². The Morgan fingerprint density at radius 3 is 2.80 bits per heavy atom. The van der Waals surface area contributed by atoms with Gasteiger partial charge in [-0.05, 0) is 49.9 Å². The first-order valence-corrected chi connectivity index (χ1v) is 6.25. The molecule has 1 aliphatic rings. The minimum Gasteiger partial charge on any atom is -0.103 e. The minimum atomic E-state index is 0.463. The van der Waals surface area contributed by atoms with Gasteiger partial charge in [0.25, 0.3) is 0 Å². The Morgan fingerprint density at radius 2 is 2.20 bits per heavy atom. The first kappa shape index (κ1) is 12.5. The van der Waals surface area contributed by atoms with Crippen molar-refractivity contribution in [1.29, 1.82) is 0 Å². The molecule has 1 aliphatic carbocycles. The van der Waals surface area contributed by atoms with Crippen LogP contribution < -0.4 is 0 Å². The summed E-state index contributed by atoms with van der Waals surface area (Å²) in [5.41, 5.74) is 2.04. The molecule has 0 radical (unpaired) electrons. The van der Waals surface area contributed by atoms with Crippen molar-refractivity contribution in [3.05, 3.63) is 24.3 Å². The molecule has 0 aromatic heterocycles. The summed E-state index contributed by atoms with van der Waals surface area (Å²) >= 11 is 0. The lowest BCUT2D eigenvalue weighted by atomic mass is 9.67. The molecule has 0 heteroatoms. The summed E-state index contributed by atoms with van der Waals surface area (Å²) in [5.74, 6) is 1.38. The highest BCUT2D eigenvalue weighted by atomic mass is 14.4. The number of hydrogen-bond donors (Lipinski definition) is 0. The molecule has 0 aliphatic heterocycles. The van der Waals surface area contributed by atoms with Gasteiger partial charge in [-0.2, -0.15) is 0 Å². The fraction of sp³-hybridized carbons (Fsp3) is 0.733. The molecule has 0 bridgehead atoms. The molecular weight excluding hydrogens is 180 g/mol. The van der Waals surface area contributed by atoms with Crippen molar-refractivity contribution in [3.63, 3.8) is 0 Å². The molecule has 0 fully saturated rings. The second-order valence-electron chi connectivity index (χ2n) is 5.83. The van der Waals surface area contributed by atoms with Crippen LogP contribution in [0.5, 0.6) is 0 Å². The fourth-order valence-electron chi connectivity index (χ4n) is 2.85. The summed E-state index contributed by atoms with van der Waals surface area (Å²) in [7, 11) is 0. The van der Waals surface area contributed by atoms with Gasteiger partial charge in [0.15, 0.2) is 0 Å². The van der Waals surface area contributed by atoms with E-state index in [2.05, 4.69) is 46.4 Å². The van der Waals surface area contributed by atoms with Crippen LogP contribution in [0, 0.1) is 17.3 Å². The molecule has 0 nitrogen and oxygen atoms in total. The van der Waals surface area contributed by atoms with Crippen LogP contribution in [0.2, 0.25) is 0 Å². The van der Waals surface area contributed by atoms with E-state index in [0.717, 1.165) is 5.92 Å². The van der Waals surface area contributed by atoms with Gasteiger partial charge in [-0.25, -0.2) is 0 Å². The van der Waals surface area contributed by atoms with Crippen molar-refractivity contribution in [2.24, 2.45) is 17.3 Å². The smallest absolute Gasteiger partial charge is 0.0228 e. The van der Waals surface area contributed by atoms with E-state index in [-0.39, 0.29) is 0 Å². The van der Waals surface area contributed by atoms with Crippen LogP contribution in [0.1, 0.15) is 53.4 Å². The number of allylic oxidation sites excluding steroid dienone is 3. The predicted molar refractivity (Wildman–Crippen MR) is 68.9 cm³/mol. The second-order valence-corrected chi connectivity index (χ2v) is 5.83. The third-order valence-corrected chi connectivity index (χ3v) is 4.12. The quantitative estimate of drug-likeness (QED) is 0.559. The van der Waals surface area contributed by atoms with Gasteiger partial charge in [0.2, 0.25) is 0 Å². The van der Waals surface area contributed by atoms with E-state index in [4.69, 9.17) is 0 Å². The topological polar surface area (TPSA) is 0 Å². The predicted octanol–water partition coefficient (Wildman–Crippen LogP) is 4.97. The molecule has 0 saturated heterocycles. The largest absolute Gasteiger partial charge is 0.103 e. The van der Waals surface area contributed by atoms with Gasteiger partial charge in [0.1, 0.15) is 0 Å². The molecule has 86 valence electrons. The van der Waals surface area contributed by atoms with Gasteiger partial charge < -0.3 is 0 Å². The Balaban J connectivity index is 2.85. The lowest BCUT2D eigenvalue weighted by molar-refractivity contribution is 0.151. The molecule has 2 atom stereocenters. The molecule has 0 aromatic carbocycles. The third-order valence-electron chi connectivity index (χ3n) is 4.12. The minimum absolute atomic E-state index is 0.463. The van der Waals surface area contributed by atoms with E-state index in [1.165, 1.54) is 25.7 Å². The van der Waals surface area contributed by atoms with Gasteiger partial charge in [-0.3, -0.25) is 0 Å². The Hall–Kier alpha value is -0.520. The van der Waals surface area contributed by atoms with Crippen LogP contribution in [0.4, 0.5) is 0 Å². The molecule has 0 N–H and O–H groups in total. The summed E-state index contributed by atoms with van der Waals surface area (Å²) in [5, 5.41) is 0. The fourth-order valence-corrected chi connectivity index (χ4v) is 2.85. The summed E-state index contributed by atoms with van der Waals surface area (Å²) in [6.45, 7) is 13.4. The van der Waals surface area contributed by atoms with Gasteiger partial charge in [-0.15, -0.1) is 6.58 Å². The Morgan fingerprint density at radius 1 is 1.53 bits per heavy atom. The van der Waals surface area contributed by atoms with Crippen molar-refractivity contribution >= 4 is 0 Å². The molecule has 0 amide bonds. The van der Waals surface area contributed by atoms with Gasteiger partial charge in [-0.1, -0.05) is 38.5 Å². The maximum atomic E-state index is 3.95. The summed E-state index contributed by atoms with van der Waals surface area (Å²) < 4.78 is 0. The summed E-state index contributed by atoms with van der Waals surface area (Å²) in [4.78, 5) is 0. The normalized spacial score (nSPS) is 32.0. The Labute approximate surface area is 95.5 Å². The standard InChI is InChI=1S/C15H26/c1-6-13(3)14-10-9-12(2)8-7-11-15(14,4)5/h6,9,13-14H,1,7-8,10-11H2,2-5H3/b12-9-. The van der Waals surface area contributed by atoms with Crippen molar-refractivity contribution < 1.29 is 0 Å². The van der Waals surface area contributed by atoms with Crippen LogP contribution in [-0.4, -0.2) is 0 Å². The zero-order chi connectivity index (χ0) is 11.5. The highest BCUT2D eigenvalue weighted by Gasteiger charge is 2.31. The van der Waals surface area contributed by atoms with E-state index < -0.39 is 0 Å². The van der Waals surface area contributed by atoms with Crippen LogP contribution in [-0.2, 0) is 0 Å². The Kier molecular flexibility index (Phi) is 4.19. The molecule has 0 saturated carbocycles. The van der Waals surface area contributed by atoms with E-state index in [1.54, 1.807) is 5.57 Å².